The first kappa shape index (κ1) is 19.5. The van der Waals surface area contributed by atoms with Gasteiger partial charge >= 0.3 is 11.9 Å². The van der Waals surface area contributed by atoms with E-state index in [1.165, 1.54) is 0 Å². The van der Waals surface area contributed by atoms with Crippen LogP contribution >= 0.6 is 0 Å². The molecular formula is C21H30O4. The molecule has 0 heterocycles. The van der Waals surface area contributed by atoms with E-state index in [9.17, 15) is 9.59 Å². The van der Waals surface area contributed by atoms with Crippen LogP contribution in [0.3, 0.4) is 0 Å². The van der Waals surface area contributed by atoms with Crippen LogP contribution in [0.25, 0.3) is 0 Å². The van der Waals surface area contributed by atoms with E-state index in [0.717, 1.165) is 55.2 Å². The Hall–Kier alpha value is -1.84. The molecular weight excluding hydrogens is 316 g/mol. The van der Waals surface area contributed by atoms with E-state index in [1.807, 2.05) is 32.9 Å². The van der Waals surface area contributed by atoms with Gasteiger partial charge in [0.05, 0.1) is 18.1 Å². The molecule has 0 N–H and O–H groups in total. The third kappa shape index (κ3) is 5.07. The summed E-state index contributed by atoms with van der Waals surface area (Å²) in [4.78, 5) is 25.1. The zero-order valence-corrected chi connectivity index (χ0v) is 15.9. The normalized spacial score (nSPS) is 20.2. The van der Waals surface area contributed by atoms with Gasteiger partial charge in [0.2, 0.25) is 0 Å². The van der Waals surface area contributed by atoms with Crippen LogP contribution in [0.4, 0.5) is 0 Å². The smallest absolute Gasteiger partial charge is 0.338 e. The Morgan fingerprint density at radius 1 is 1.08 bits per heavy atom. The first-order chi connectivity index (χ1) is 11.9. The van der Waals surface area contributed by atoms with Crippen LogP contribution in [0.1, 0.15) is 72.5 Å². The third-order valence-electron chi connectivity index (χ3n) is 4.89. The Kier molecular flexibility index (Phi) is 7.03. The maximum Gasteiger partial charge on any atom is 0.338 e. The van der Waals surface area contributed by atoms with E-state index < -0.39 is 0 Å². The number of ether oxygens (including phenoxy) is 2. The predicted molar refractivity (Wildman–Crippen MR) is 97.7 cm³/mol. The number of carbonyl (C=O) groups is 2. The molecule has 0 aromatic heterocycles. The van der Waals surface area contributed by atoms with Crippen LogP contribution in [0.15, 0.2) is 12.1 Å². The number of hydrogen-bond donors (Lipinski definition) is 0. The average Bonchev–Trinajstić information content (AvgIpc) is 2.54. The standard InChI is InChI=1S/C21H30O4/c1-5-6-11-24-20(22)17-9-7-8-10-18(17)25-21(23)19-15(3)12-14(2)13-16(19)4/h12-13,17-18H,5-11H2,1-4H3. The predicted octanol–water partition coefficient (Wildman–Crippen LogP) is 4.67. The highest BCUT2D eigenvalue weighted by Gasteiger charge is 2.35. The highest BCUT2D eigenvalue weighted by atomic mass is 16.6. The molecule has 1 saturated carbocycles. The molecule has 0 amide bonds. The molecule has 138 valence electrons. The van der Waals surface area contributed by atoms with Crippen molar-refractivity contribution >= 4 is 11.9 Å². The van der Waals surface area contributed by atoms with Gasteiger partial charge in [0, 0.05) is 0 Å². The molecule has 1 aromatic carbocycles. The van der Waals surface area contributed by atoms with Crippen LogP contribution in [-0.4, -0.2) is 24.6 Å². The van der Waals surface area contributed by atoms with Crippen molar-refractivity contribution in [2.75, 3.05) is 6.61 Å². The maximum absolute atomic E-state index is 12.7. The van der Waals surface area contributed by atoms with Gasteiger partial charge in [-0.25, -0.2) is 4.79 Å². The van der Waals surface area contributed by atoms with Crippen LogP contribution in [0, 0.1) is 26.7 Å². The zero-order chi connectivity index (χ0) is 18.4. The van der Waals surface area contributed by atoms with Crippen molar-refractivity contribution in [1.82, 2.24) is 0 Å². The van der Waals surface area contributed by atoms with Crippen molar-refractivity contribution in [3.63, 3.8) is 0 Å². The lowest BCUT2D eigenvalue weighted by molar-refractivity contribution is -0.154. The molecule has 2 rings (SSSR count). The second kappa shape index (κ2) is 9.02. The molecule has 0 radical (unpaired) electrons. The van der Waals surface area contributed by atoms with Gasteiger partial charge in [-0.2, -0.15) is 0 Å². The minimum atomic E-state index is -0.379. The molecule has 2 unspecified atom stereocenters. The quantitative estimate of drug-likeness (QED) is 0.555. The van der Waals surface area contributed by atoms with Crippen LogP contribution in [-0.2, 0) is 14.3 Å². The number of unbranched alkanes of at least 4 members (excludes halogenated alkanes) is 1. The Morgan fingerprint density at radius 2 is 1.72 bits per heavy atom. The molecule has 0 spiro atoms. The van der Waals surface area contributed by atoms with Crippen molar-refractivity contribution in [3.8, 4) is 0 Å². The van der Waals surface area contributed by atoms with Gasteiger partial charge in [0.15, 0.2) is 0 Å². The number of esters is 2. The Balaban J connectivity index is 2.08. The summed E-state index contributed by atoms with van der Waals surface area (Å²) in [7, 11) is 0. The summed E-state index contributed by atoms with van der Waals surface area (Å²) in [6.45, 7) is 8.37. The lowest BCUT2D eigenvalue weighted by Gasteiger charge is -2.30. The molecule has 4 heteroatoms. The molecule has 0 bridgehead atoms. The summed E-state index contributed by atoms with van der Waals surface area (Å²) in [6, 6.07) is 3.97. The van der Waals surface area contributed by atoms with Gasteiger partial charge in [-0.15, -0.1) is 0 Å². The van der Waals surface area contributed by atoms with Gasteiger partial charge in [-0.3, -0.25) is 4.79 Å². The lowest BCUT2D eigenvalue weighted by atomic mass is 9.86. The van der Waals surface area contributed by atoms with E-state index in [0.29, 0.717) is 12.2 Å². The summed E-state index contributed by atoms with van der Waals surface area (Å²) < 4.78 is 11.2. The largest absolute Gasteiger partial charge is 0.465 e. The summed E-state index contributed by atoms with van der Waals surface area (Å²) in [6.07, 6.45) is 4.88. The number of hydrogen-bond acceptors (Lipinski definition) is 4. The topological polar surface area (TPSA) is 52.6 Å². The van der Waals surface area contributed by atoms with E-state index in [2.05, 4.69) is 6.92 Å². The SMILES string of the molecule is CCCCOC(=O)C1CCCCC1OC(=O)c1c(C)cc(C)cc1C. The molecule has 1 aliphatic carbocycles. The minimum Gasteiger partial charge on any atom is -0.465 e. The van der Waals surface area contributed by atoms with E-state index in [4.69, 9.17) is 9.47 Å². The second-order valence-corrected chi connectivity index (χ2v) is 7.13. The van der Waals surface area contributed by atoms with E-state index in [-0.39, 0.29) is 24.0 Å². The van der Waals surface area contributed by atoms with E-state index >= 15 is 0 Å². The lowest BCUT2D eigenvalue weighted by Crippen LogP contribution is -2.36. The summed E-state index contributed by atoms with van der Waals surface area (Å²) >= 11 is 0. The Bertz CT molecular complexity index is 597. The highest BCUT2D eigenvalue weighted by molar-refractivity contribution is 5.93. The fourth-order valence-corrected chi connectivity index (χ4v) is 3.63. The van der Waals surface area contributed by atoms with E-state index in [1.54, 1.807) is 0 Å². The van der Waals surface area contributed by atoms with Gasteiger partial charge in [0.1, 0.15) is 6.10 Å². The molecule has 1 aliphatic rings. The van der Waals surface area contributed by atoms with Gasteiger partial charge in [0.25, 0.3) is 0 Å². The molecule has 4 nitrogen and oxygen atoms in total. The molecule has 1 fully saturated rings. The van der Waals surface area contributed by atoms with Crippen LogP contribution < -0.4 is 0 Å². The third-order valence-corrected chi connectivity index (χ3v) is 4.89. The Labute approximate surface area is 150 Å². The first-order valence-electron chi connectivity index (χ1n) is 9.39. The number of benzene rings is 1. The van der Waals surface area contributed by atoms with Crippen LogP contribution in [0.5, 0.6) is 0 Å². The number of carbonyl (C=O) groups excluding carboxylic acids is 2. The minimum absolute atomic E-state index is 0.219. The van der Waals surface area contributed by atoms with Crippen molar-refractivity contribution in [2.24, 2.45) is 5.92 Å². The molecule has 0 aliphatic heterocycles. The number of rotatable bonds is 6. The fraction of sp³-hybridized carbons (Fsp3) is 0.619. The van der Waals surface area contributed by atoms with Crippen molar-refractivity contribution < 1.29 is 19.1 Å². The first-order valence-corrected chi connectivity index (χ1v) is 9.39. The average molecular weight is 346 g/mol. The number of aryl methyl sites for hydroxylation is 3. The molecule has 0 saturated heterocycles. The van der Waals surface area contributed by atoms with Gasteiger partial charge in [-0.1, -0.05) is 37.5 Å². The monoisotopic (exact) mass is 346 g/mol. The van der Waals surface area contributed by atoms with Gasteiger partial charge < -0.3 is 9.47 Å². The maximum atomic E-state index is 12.7. The summed E-state index contributed by atoms with van der Waals surface area (Å²) in [5.41, 5.74) is 3.58. The second-order valence-electron chi connectivity index (χ2n) is 7.13. The molecule has 25 heavy (non-hydrogen) atoms. The summed E-state index contributed by atoms with van der Waals surface area (Å²) in [5, 5.41) is 0. The molecule has 2 atom stereocenters. The van der Waals surface area contributed by atoms with Crippen molar-refractivity contribution in [1.29, 1.82) is 0 Å². The van der Waals surface area contributed by atoms with Gasteiger partial charge in [-0.05, 0) is 57.6 Å². The molecule has 1 aromatic rings. The van der Waals surface area contributed by atoms with Crippen molar-refractivity contribution in [3.05, 3.63) is 34.4 Å². The Morgan fingerprint density at radius 3 is 2.36 bits per heavy atom. The fourth-order valence-electron chi connectivity index (χ4n) is 3.63. The van der Waals surface area contributed by atoms with Crippen LogP contribution in [0.2, 0.25) is 0 Å². The summed E-state index contributed by atoms with van der Waals surface area (Å²) in [5.74, 6) is -0.878. The van der Waals surface area contributed by atoms with Crippen molar-refractivity contribution in [2.45, 2.75) is 72.3 Å². The zero-order valence-electron chi connectivity index (χ0n) is 15.9. The highest BCUT2D eigenvalue weighted by Crippen LogP contribution is 2.29.